The van der Waals surface area contributed by atoms with Crippen LogP contribution in [0, 0.1) is 17.1 Å². The zero-order chi connectivity index (χ0) is 20.1. The van der Waals surface area contributed by atoms with Crippen molar-refractivity contribution in [2.24, 2.45) is 0 Å². The van der Waals surface area contributed by atoms with Gasteiger partial charge in [0, 0.05) is 52.5 Å². The van der Waals surface area contributed by atoms with Gasteiger partial charge in [-0.3, -0.25) is 0 Å². The summed E-state index contributed by atoms with van der Waals surface area (Å²) in [5.41, 5.74) is 3.28. The summed E-state index contributed by atoms with van der Waals surface area (Å²) in [6.45, 7) is 3.20. The van der Waals surface area contributed by atoms with Crippen LogP contribution in [-0.2, 0) is 6.54 Å². The number of hydrogen-bond acceptors (Lipinski definition) is 4. The van der Waals surface area contributed by atoms with Crippen molar-refractivity contribution in [3.63, 3.8) is 0 Å². The Kier molecular flexibility index (Phi) is 5.99. The number of amides is 2. The highest BCUT2D eigenvalue weighted by Crippen LogP contribution is 2.25. The van der Waals surface area contributed by atoms with E-state index in [-0.39, 0.29) is 11.8 Å². The van der Waals surface area contributed by atoms with Crippen molar-refractivity contribution in [2.75, 3.05) is 50.5 Å². The Bertz CT molecular complexity index is 867. The van der Waals surface area contributed by atoms with Crippen LogP contribution >= 0.6 is 0 Å². The topological polar surface area (TPSA) is 62.6 Å². The fourth-order valence-corrected chi connectivity index (χ4v) is 3.24. The van der Waals surface area contributed by atoms with E-state index >= 15 is 0 Å². The normalized spacial score (nSPS) is 13.8. The standard InChI is InChI=1S/C21H24FN5O/c1-25(2)21(28)27-11-9-26(10-12-27)20-8-7-19(13-17(20)14-23)24-15-16-3-5-18(22)6-4-16/h3-8,13,24H,9-12,15H2,1-2H3. The molecule has 0 atom stereocenters. The van der Waals surface area contributed by atoms with Crippen LogP contribution in [0.3, 0.4) is 0 Å². The van der Waals surface area contributed by atoms with E-state index in [0.29, 0.717) is 38.3 Å². The lowest BCUT2D eigenvalue weighted by Crippen LogP contribution is -2.51. The predicted octanol–water partition coefficient (Wildman–Crippen LogP) is 3.11. The molecule has 0 aliphatic carbocycles. The summed E-state index contributed by atoms with van der Waals surface area (Å²) >= 11 is 0. The molecule has 1 saturated heterocycles. The van der Waals surface area contributed by atoms with Crippen molar-refractivity contribution >= 4 is 17.4 Å². The zero-order valence-electron chi connectivity index (χ0n) is 16.2. The van der Waals surface area contributed by atoms with Gasteiger partial charge in [-0.2, -0.15) is 5.26 Å². The van der Waals surface area contributed by atoms with Crippen LogP contribution < -0.4 is 10.2 Å². The van der Waals surface area contributed by atoms with Gasteiger partial charge >= 0.3 is 6.03 Å². The second kappa shape index (κ2) is 8.61. The third kappa shape index (κ3) is 4.52. The molecule has 28 heavy (non-hydrogen) atoms. The van der Waals surface area contributed by atoms with Crippen LogP contribution in [0.15, 0.2) is 42.5 Å². The first-order valence-electron chi connectivity index (χ1n) is 9.21. The maximum Gasteiger partial charge on any atom is 0.319 e. The summed E-state index contributed by atoms with van der Waals surface area (Å²) in [5, 5.41) is 12.9. The van der Waals surface area contributed by atoms with Crippen molar-refractivity contribution in [2.45, 2.75) is 6.54 Å². The van der Waals surface area contributed by atoms with Crippen LogP contribution in [0.25, 0.3) is 0 Å². The molecule has 0 radical (unpaired) electrons. The Morgan fingerprint density at radius 1 is 1.14 bits per heavy atom. The SMILES string of the molecule is CN(C)C(=O)N1CCN(c2ccc(NCc3ccc(F)cc3)cc2C#N)CC1. The number of anilines is 2. The van der Waals surface area contributed by atoms with E-state index < -0.39 is 0 Å². The van der Waals surface area contributed by atoms with Gasteiger partial charge in [0.05, 0.1) is 11.3 Å². The smallest absolute Gasteiger partial charge is 0.319 e. The maximum atomic E-state index is 13.0. The molecule has 0 bridgehead atoms. The highest BCUT2D eigenvalue weighted by Gasteiger charge is 2.23. The second-order valence-corrected chi connectivity index (χ2v) is 6.97. The summed E-state index contributed by atoms with van der Waals surface area (Å²) in [6.07, 6.45) is 0. The second-order valence-electron chi connectivity index (χ2n) is 6.97. The number of nitrogens with zero attached hydrogens (tertiary/aromatic N) is 4. The average Bonchev–Trinajstić information content (AvgIpc) is 2.72. The van der Waals surface area contributed by atoms with Gasteiger partial charge in [-0.05, 0) is 35.9 Å². The number of nitrogens with one attached hydrogen (secondary N) is 1. The molecule has 0 spiro atoms. The molecule has 0 unspecified atom stereocenters. The lowest BCUT2D eigenvalue weighted by atomic mass is 10.1. The highest BCUT2D eigenvalue weighted by molar-refractivity contribution is 5.74. The molecule has 7 heteroatoms. The molecule has 146 valence electrons. The minimum atomic E-state index is -0.257. The van der Waals surface area contributed by atoms with Crippen molar-refractivity contribution < 1.29 is 9.18 Å². The van der Waals surface area contributed by atoms with Crippen molar-refractivity contribution in [1.29, 1.82) is 5.26 Å². The molecular formula is C21H24FN5O. The van der Waals surface area contributed by atoms with Gasteiger partial charge in [0.15, 0.2) is 0 Å². The van der Waals surface area contributed by atoms with E-state index in [4.69, 9.17) is 0 Å². The van der Waals surface area contributed by atoms with Crippen molar-refractivity contribution in [3.05, 3.63) is 59.4 Å². The molecule has 1 heterocycles. The Morgan fingerprint density at radius 3 is 2.43 bits per heavy atom. The molecule has 1 aliphatic heterocycles. The fourth-order valence-electron chi connectivity index (χ4n) is 3.24. The lowest BCUT2D eigenvalue weighted by Gasteiger charge is -2.37. The van der Waals surface area contributed by atoms with Crippen LogP contribution in [0.1, 0.15) is 11.1 Å². The Balaban J connectivity index is 1.64. The molecule has 0 aromatic heterocycles. The summed E-state index contributed by atoms with van der Waals surface area (Å²) < 4.78 is 13.0. The zero-order valence-corrected chi connectivity index (χ0v) is 16.2. The van der Waals surface area contributed by atoms with Crippen LogP contribution in [0.2, 0.25) is 0 Å². The van der Waals surface area contributed by atoms with Crippen molar-refractivity contribution in [3.8, 4) is 6.07 Å². The third-order valence-electron chi connectivity index (χ3n) is 4.80. The van der Waals surface area contributed by atoms with Gasteiger partial charge in [0.2, 0.25) is 0 Å². The minimum absolute atomic E-state index is 0.0143. The molecule has 2 amide bonds. The molecule has 2 aromatic carbocycles. The number of piperazine rings is 1. The molecule has 6 nitrogen and oxygen atoms in total. The number of urea groups is 1. The first-order valence-corrected chi connectivity index (χ1v) is 9.21. The van der Waals surface area contributed by atoms with Gasteiger partial charge in [-0.15, -0.1) is 0 Å². The van der Waals surface area contributed by atoms with E-state index in [1.54, 1.807) is 31.1 Å². The van der Waals surface area contributed by atoms with Crippen LogP contribution in [0.5, 0.6) is 0 Å². The van der Waals surface area contributed by atoms with E-state index in [0.717, 1.165) is 16.9 Å². The Hall–Kier alpha value is -3.27. The quantitative estimate of drug-likeness (QED) is 0.884. The Labute approximate surface area is 164 Å². The van der Waals surface area contributed by atoms with E-state index in [1.807, 2.05) is 23.1 Å². The van der Waals surface area contributed by atoms with Gasteiger partial charge in [0.1, 0.15) is 11.9 Å². The van der Waals surface area contributed by atoms with Crippen molar-refractivity contribution in [1.82, 2.24) is 9.80 Å². The maximum absolute atomic E-state index is 13.0. The predicted molar refractivity (Wildman–Crippen MR) is 108 cm³/mol. The van der Waals surface area contributed by atoms with Gasteiger partial charge < -0.3 is 20.0 Å². The minimum Gasteiger partial charge on any atom is -0.381 e. The molecule has 2 aromatic rings. The molecule has 3 rings (SSSR count). The molecule has 0 saturated carbocycles. The number of benzene rings is 2. The summed E-state index contributed by atoms with van der Waals surface area (Å²) in [4.78, 5) is 17.6. The summed E-state index contributed by atoms with van der Waals surface area (Å²) in [7, 11) is 3.50. The first kappa shape index (κ1) is 19.5. The summed E-state index contributed by atoms with van der Waals surface area (Å²) in [6, 6.07) is 14.3. The van der Waals surface area contributed by atoms with E-state index in [1.165, 1.54) is 12.1 Å². The number of carbonyl (C=O) groups excluding carboxylic acids is 1. The fraction of sp³-hybridized carbons (Fsp3) is 0.333. The molecule has 1 fully saturated rings. The number of nitriles is 1. The molecule has 1 N–H and O–H groups in total. The van der Waals surface area contributed by atoms with E-state index in [2.05, 4.69) is 16.3 Å². The number of halogens is 1. The number of carbonyl (C=O) groups is 1. The monoisotopic (exact) mass is 381 g/mol. The first-order chi connectivity index (χ1) is 13.5. The third-order valence-corrected chi connectivity index (χ3v) is 4.80. The number of hydrogen-bond donors (Lipinski definition) is 1. The van der Waals surface area contributed by atoms with Crippen LogP contribution in [0.4, 0.5) is 20.6 Å². The average molecular weight is 381 g/mol. The largest absolute Gasteiger partial charge is 0.381 e. The van der Waals surface area contributed by atoms with Gasteiger partial charge in [0.25, 0.3) is 0 Å². The molecule has 1 aliphatic rings. The molecular weight excluding hydrogens is 357 g/mol. The Morgan fingerprint density at radius 2 is 1.82 bits per heavy atom. The highest BCUT2D eigenvalue weighted by atomic mass is 19.1. The van der Waals surface area contributed by atoms with Gasteiger partial charge in [-0.1, -0.05) is 12.1 Å². The van der Waals surface area contributed by atoms with E-state index in [9.17, 15) is 14.4 Å². The van der Waals surface area contributed by atoms with Crippen LogP contribution in [-0.4, -0.2) is 56.1 Å². The summed E-state index contributed by atoms with van der Waals surface area (Å²) in [5.74, 6) is -0.257. The lowest BCUT2D eigenvalue weighted by molar-refractivity contribution is 0.168. The van der Waals surface area contributed by atoms with Gasteiger partial charge in [-0.25, -0.2) is 9.18 Å². The number of rotatable bonds is 4.